The molecule has 0 aliphatic carbocycles. The fourth-order valence-corrected chi connectivity index (χ4v) is 2.71. The monoisotopic (exact) mass is 284 g/mol. The van der Waals surface area contributed by atoms with Gasteiger partial charge < -0.3 is 5.32 Å². The van der Waals surface area contributed by atoms with Crippen molar-refractivity contribution in [3.63, 3.8) is 0 Å². The van der Waals surface area contributed by atoms with Crippen molar-refractivity contribution in [1.82, 2.24) is 10.3 Å². The largest absolute Gasteiger partial charge is 0.312 e. The van der Waals surface area contributed by atoms with Crippen LogP contribution >= 0.6 is 22.9 Å². The summed E-state index contributed by atoms with van der Waals surface area (Å²) in [6.07, 6.45) is 0.480. The molecule has 1 aromatic heterocycles. The Morgan fingerprint density at radius 3 is 3.00 bits per heavy atom. The van der Waals surface area contributed by atoms with Crippen LogP contribution in [0.2, 0.25) is 5.02 Å². The topological polar surface area (TPSA) is 24.9 Å². The van der Waals surface area contributed by atoms with Gasteiger partial charge in [0, 0.05) is 17.8 Å². The number of hydrogen-bond donors (Lipinski definition) is 1. The van der Waals surface area contributed by atoms with Crippen molar-refractivity contribution in [3.05, 3.63) is 50.7 Å². The van der Waals surface area contributed by atoms with Gasteiger partial charge in [-0.25, -0.2) is 9.37 Å². The minimum atomic E-state index is -0.349. The van der Waals surface area contributed by atoms with Crippen LogP contribution in [-0.2, 0) is 6.42 Å². The highest BCUT2D eigenvalue weighted by Gasteiger charge is 2.11. The minimum Gasteiger partial charge on any atom is -0.312 e. The third-order valence-electron chi connectivity index (χ3n) is 2.82. The highest BCUT2D eigenvalue weighted by Crippen LogP contribution is 2.23. The molecule has 96 valence electrons. The van der Waals surface area contributed by atoms with Crippen molar-refractivity contribution in [2.45, 2.75) is 19.4 Å². The number of halogens is 2. The van der Waals surface area contributed by atoms with Crippen molar-refractivity contribution >= 4 is 22.9 Å². The highest BCUT2D eigenvalue weighted by atomic mass is 35.5. The maximum Gasteiger partial charge on any atom is 0.145 e. The lowest BCUT2D eigenvalue weighted by molar-refractivity contribution is 0.613. The quantitative estimate of drug-likeness (QED) is 0.923. The molecule has 2 rings (SSSR count). The van der Waals surface area contributed by atoms with E-state index >= 15 is 0 Å². The van der Waals surface area contributed by atoms with Crippen LogP contribution < -0.4 is 5.32 Å². The van der Waals surface area contributed by atoms with E-state index < -0.39 is 0 Å². The summed E-state index contributed by atoms with van der Waals surface area (Å²) in [7, 11) is 1.89. The number of nitrogens with one attached hydrogen (secondary N) is 1. The molecular formula is C13H14ClFN2S. The Morgan fingerprint density at radius 1 is 1.50 bits per heavy atom. The third kappa shape index (κ3) is 2.88. The SMILES string of the molecule is CNC(C)c1csc(Cc2cccc(Cl)c2F)n1. The van der Waals surface area contributed by atoms with Gasteiger partial charge in [0.25, 0.3) is 0 Å². The molecule has 2 aromatic rings. The van der Waals surface area contributed by atoms with E-state index in [1.165, 1.54) is 0 Å². The third-order valence-corrected chi connectivity index (χ3v) is 3.98. The van der Waals surface area contributed by atoms with Crippen LogP contribution in [0.3, 0.4) is 0 Å². The molecule has 0 aliphatic heterocycles. The van der Waals surface area contributed by atoms with Crippen LogP contribution in [0.15, 0.2) is 23.6 Å². The molecule has 0 fully saturated rings. The molecule has 0 spiro atoms. The molecule has 0 aliphatic rings. The summed E-state index contributed by atoms with van der Waals surface area (Å²) in [5, 5.41) is 6.18. The van der Waals surface area contributed by atoms with Crippen LogP contribution in [0.1, 0.15) is 29.2 Å². The maximum absolute atomic E-state index is 13.8. The summed E-state index contributed by atoms with van der Waals surface area (Å²) >= 11 is 7.30. The highest BCUT2D eigenvalue weighted by molar-refractivity contribution is 7.09. The zero-order valence-electron chi connectivity index (χ0n) is 10.2. The maximum atomic E-state index is 13.8. The van der Waals surface area contributed by atoms with Gasteiger partial charge in [0.1, 0.15) is 5.82 Å². The Bertz CT molecular complexity index is 542. The molecule has 2 nitrogen and oxygen atoms in total. The first-order chi connectivity index (χ1) is 8.61. The normalized spacial score (nSPS) is 12.7. The van der Waals surface area contributed by atoms with Gasteiger partial charge >= 0.3 is 0 Å². The van der Waals surface area contributed by atoms with Gasteiger partial charge in [0.05, 0.1) is 15.7 Å². The Kier molecular flexibility index (Phi) is 4.32. The first-order valence-corrected chi connectivity index (χ1v) is 6.92. The van der Waals surface area contributed by atoms with E-state index in [4.69, 9.17) is 11.6 Å². The Balaban J connectivity index is 2.19. The van der Waals surface area contributed by atoms with Gasteiger partial charge in [-0.05, 0) is 25.6 Å². The molecule has 1 heterocycles. The number of hydrogen-bond acceptors (Lipinski definition) is 3. The van der Waals surface area contributed by atoms with Crippen LogP contribution in [0.4, 0.5) is 4.39 Å². The molecular weight excluding hydrogens is 271 g/mol. The Morgan fingerprint density at radius 2 is 2.28 bits per heavy atom. The average Bonchev–Trinajstić information content (AvgIpc) is 2.82. The van der Waals surface area contributed by atoms with Crippen molar-refractivity contribution in [2.24, 2.45) is 0 Å². The Labute approximate surface area is 115 Å². The number of aromatic nitrogens is 1. The van der Waals surface area contributed by atoms with Gasteiger partial charge in [-0.2, -0.15) is 0 Å². The zero-order chi connectivity index (χ0) is 13.1. The molecule has 0 saturated heterocycles. The van der Waals surface area contributed by atoms with E-state index in [2.05, 4.69) is 10.3 Å². The van der Waals surface area contributed by atoms with Crippen molar-refractivity contribution < 1.29 is 4.39 Å². The number of nitrogens with zero attached hydrogens (tertiary/aromatic N) is 1. The second kappa shape index (κ2) is 5.78. The van der Waals surface area contributed by atoms with Gasteiger partial charge in [-0.1, -0.05) is 23.7 Å². The zero-order valence-corrected chi connectivity index (χ0v) is 11.8. The van der Waals surface area contributed by atoms with E-state index in [-0.39, 0.29) is 16.9 Å². The van der Waals surface area contributed by atoms with Crippen LogP contribution in [-0.4, -0.2) is 12.0 Å². The van der Waals surface area contributed by atoms with E-state index in [9.17, 15) is 4.39 Å². The van der Waals surface area contributed by atoms with Crippen molar-refractivity contribution in [2.75, 3.05) is 7.05 Å². The van der Waals surface area contributed by atoms with Crippen LogP contribution in [0.5, 0.6) is 0 Å². The van der Waals surface area contributed by atoms with Gasteiger partial charge in [0.2, 0.25) is 0 Å². The number of benzene rings is 1. The first-order valence-electron chi connectivity index (χ1n) is 5.66. The summed E-state index contributed by atoms with van der Waals surface area (Å²) < 4.78 is 13.8. The second-order valence-corrected chi connectivity index (χ2v) is 5.42. The molecule has 0 bridgehead atoms. The molecule has 1 unspecified atom stereocenters. The summed E-state index contributed by atoms with van der Waals surface area (Å²) in [4.78, 5) is 4.49. The lowest BCUT2D eigenvalue weighted by atomic mass is 10.1. The predicted molar refractivity (Wildman–Crippen MR) is 73.8 cm³/mol. The van der Waals surface area contributed by atoms with E-state index in [1.54, 1.807) is 29.5 Å². The average molecular weight is 285 g/mol. The molecule has 1 atom stereocenters. The molecule has 0 radical (unpaired) electrons. The summed E-state index contributed by atoms with van der Waals surface area (Å²) in [5.41, 5.74) is 1.57. The molecule has 5 heteroatoms. The molecule has 0 saturated carbocycles. The fourth-order valence-electron chi connectivity index (χ4n) is 1.60. The molecule has 1 aromatic carbocycles. The number of rotatable bonds is 4. The molecule has 0 amide bonds. The molecule has 1 N–H and O–H groups in total. The lowest BCUT2D eigenvalue weighted by Crippen LogP contribution is -2.12. The Hall–Kier alpha value is -0.970. The molecule has 18 heavy (non-hydrogen) atoms. The van der Waals surface area contributed by atoms with Crippen molar-refractivity contribution in [1.29, 1.82) is 0 Å². The van der Waals surface area contributed by atoms with Gasteiger partial charge in [-0.3, -0.25) is 0 Å². The van der Waals surface area contributed by atoms with Crippen LogP contribution in [0.25, 0.3) is 0 Å². The predicted octanol–water partition coefficient (Wildman–Crippen LogP) is 3.81. The van der Waals surface area contributed by atoms with Crippen molar-refractivity contribution in [3.8, 4) is 0 Å². The minimum absolute atomic E-state index is 0.160. The standard InChI is InChI=1S/C13H14ClFN2S/c1-8(16-2)11-7-18-12(17-11)6-9-4-3-5-10(14)13(9)15/h3-5,7-8,16H,6H2,1-2H3. The smallest absolute Gasteiger partial charge is 0.145 e. The van der Waals surface area contributed by atoms with Crippen LogP contribution in [0, 0.1) is 5.82 Å². The summed E-state index contributed by atoms with van der Waals surface area (Å²) in [6.45, 7) is 2.04. The van der Waals surface area contributed by atoms with E-state index in [0.29, 0.717) is 12.0 Å². The lowest BCUT2D eigenvalue weighted by Gasteiger charge is -2.05. The van der Waals surface area contributed by atoms with E-state index in [0.717, 1.165) is 10.7 Å². The number of thiazole rings is 1. The first kappa shape index (κ1) is 13.5. The summed E-state index contributed by atoms with van der Waals surface area (Å²) in [6, 6.07) is 5.26. The van der Waals surface area contributed by atoms with Gasteiger partial charge in [-0.15, -0.1) is 11.3 Å². The second-order valence-electron chi connectivity index (χ2n) is 4.07. The fraction of sp³-hybridized carbons (Fsp3) is 0.308. The van der Waals surface area contributed by atoms with E-state index in [1.807, 2.05) is 19.4 Å². The summed E-state index contributed by atoms with van der Waals surface area (Å²) in [5.74, 6) is -0.349. The van der Waals surface area contributed by atoms with Gasteiger partial charge in [0.15, 0.2) is 0 Å².